The molecule has 0 aliphatic carbocycles. The molecule has 162 valence electrons. The molecule has 4 nitrogen and oxygen atoms in total. The fourth-order valence-electron chi connectivity index (χ4n) is 3.90. The third-order valence-electron chi connectivity index (χ3n) is 5.46. The number of hydrogen-bond donors (Lipinski definition) is 0. The highest BCUT2D eigenvalue weighted by Crippen LogP contribution is 2.32. The summed E-state index contributed by atoms with van der Waals surface area (Å²) >= 11 is 3.33. The maximum absolute atomic E-state index is 13.5. The summed E-state index contributed by atoms with van der Waals surface area (Å²) in [6, 6.07) is 19.0. The van der Waals surface area contributed by atoms with Gasteiger partial charge in [-0.25, -0.2) is 17.2 Å². The van der Waals surface area contributed by atoms with Crippen LogP contribution in [0, 0.1) is 11.6 Å². The molecule has 0 aromatic heterocycles. The zero-order chi connectivity index (χ0) is 22.0. The second kappa shape index (κ2) is 9.16. The van der Waals surface area contributed by atoms with Gasteiger partial charge in [-0.1, -0.05) is 36.4 Å². The van der Waals surface area contributed by atoms with Crippen LogP contribution in [0.3, 0.4) is 0 Å². The number of halogens is 3. The summed E-state index contributed by atoms with van der Waals surface area (Å²) in [7, 11) is -3.62. The lowest BCUT2D eigenvalue weighted by molar-refractivity contribution is 0.155. The van der Waals surface area contributed by atoms with Crippen molar-refractivity contribution < 1.29 is 17.2 Å². The first-order valence-electron chi connectivity index (χ1n) is 9.86. The minimum atomic E-state index is -3.62. The molecule has 1 aliphatic heterocycles. The Kier molecular flexibility index (Phi) is 6.52. The van der Waals surface area contributed by atoms with Crippen LogP contribution in [0.4, 0.5) is 8.78 Å². The van der Waals surface area contributed by atoms with Crippen LogP contribution in [0.5, 0.6) is 0 Å². The number of rotatable bonds is 5. The molecular weight excluding hydrogens is 486 g/mol. The lowest BCUT2D eigenvalue weighted by Gasteiger charge is -2.39. The van der Waals surface area contributed by atoms with E-state index in [1.165, 1.54) is 28.6 Å². The van der Waals surface area contributed by atoms with Gasteiger partial charge in [-0.15, -0.1) is 0 Å². The summed E-state index contributed by atoms with van der Waals surface area (Å²) in [6.45, 7) is 1.62. The van der Waals surface area contributed by atoms with Crippen LogP contribution in [0.15, 0.2) is 82.2 Å². The highest BCUT2D eigenvalue weighted by molar-refractivity contribution is 9.10. The third kappa shape index (κ3) is 4.72. The third-order valence-corrected chi connectivity index (χ3v) is 8.38. The molecule has 1 aliphatic rings. The Morgan fingerprint density at radius 2 is 1.23 bits per heavy atom. The molecule has 0 amide bonds. The van der Waals surface area contributed by atoms with Crippen molar-refractivity contribution in [3.63, 3.8) is 0 Å². The molecule has 0 atom stereocenters. The molecular formula is C23H21BrF2N2O2S. The molecule has 0 N–H and O–H groups in total. The van der Waals surface area contributed by atoms with E-state index in [2.05, 4.69) is 20.8 Å². The van der Waals surface area contributed by atoms with E-state index < -0.39 is 10.0 Å². The minimum Gasteiger partial charge on any atom is -0.290 e. The van der Waals surface area contributed by atoms with Crippen LogP contribution in [-0.2, 0) is 10.0 Å². The number of sulfonamides is 1. The molecule has 1 saturated heterocycles. The largest absolute Gasteiger partial charge is 0.290 e. The predicted molar refractivity (Wildman–Crippen MR) is 119 cm³/mol. The standard InChI is InChI=1S/C23H21BrF2N2O2S/c24-21-3-1-2-4-22(21)31(29,30)28-15-13-27(14-16-28)23(17-5-9-19(25)10-6-17)18-7-11-20(26)12-8-18/h1-12,23H,13-16H2. The topological polar surface area (TPSA) is 40.6 Å². The summed E-state index contributed by atoms with van der Waals surface area (Å²) in [5.74, 6) is -0.656. The normalized spacial score (nSPS) is 16.0. The maximum Gasteiger partial charge on any atom is 0.244 e. The Balaban J connectivity index is 1.59. The van der Waals surface area contributed by atoms with E-state index in [1.807, 2.05) is 0 Å². The van der Waals surface area contributed by atoms with Gasteiger partial charge in [-0.2, -0.15) is 4.31 Å². The van der Waals surface area contributed by atoms with Gasteiger partial charge in [0.2, 0.25) is 10.0 Å². The van der Waals surface area contributed by atoms with Crippen molar-refractivity contribution in [3.8, 4) is 0 Å². The average Bonchev–Trinajstić information content (AvgIpc) is 2.77. The van der Waals surface area contributed by atoms with Gasteiger partial charge < -0.3 is 0 Å². The van der Waals surface area contributed by atoms with Crippen molar-refractivity contribution in [3.05, 3.63) is 100 Å². The van der Waals surface area contributed by atoms with Crippen molar-refractivity contribution in [1.29, 1.82) is 0 Å². The zero-order valence-corrected chi connectivity index (χ0v) is 19.0. The van der Waals surface area contributed by atoms with E-state index in [9.17, 15) is 17.2 Å². The van der Waals surface area contributed by atoms with Gasteiger partial charge in [-0.05, 0) is 63.5 Å². The van der Waals surface area contributed by atoms with Crippen LogP contribution in [-0.4, -0.2) is 43.8 Å². The van der Waals surface area contributed by atoms with Gasteiger partial charge in [0, 0.05) is 30.7 Å². The molecule has 3 aromatic carbocycles. The highest BCUT2D eigenvalue weighted by Gasteiger charge is 2.33. The average molecular weight is 507 g/mol. The molecule has 0 spiro atoms. The Bertz CT molecular complexity index is 1100. The molecule has 0 bridgehead atoms. The van der Waals surface area contributed by atoms with Crippen LogP contribution >= 0.6 is 15.9 Å². The molecule has 0 saturated carbocycles. The molecule has 1 fully saturated rings. The SMILES string of the molecule is O=S(=O)(c1ccccc1Br)N1CCN(C(c2ccc(F)cc2)c2ccc(F)cc2)CC1. The molecule has 8 heteroatoms. The number of benzene rings is 3. The predicted octanol–water partition coefficient (Wildman–Crippen LogP) is 4.82. The van der Waals surface area contributed by atoms with Crippen LogP contribution < -0.4 is 0 Å². The van der Waals surface area contributed by atoms with Crippen LogP contribution in [0.25, 0.3) is 0 Å². The van der Waals surface area contributed by atoms with Gasteiger partial charge in [0.25, 0.3) is 0 Å². The first-order chi connectivity index (χ1) is 14.9. The first-order valence-corrected chi connectivity index (χ1v) is 12.1. The van der Waals surface area contributed by atoms with Crippen molar-refractivity contribution in [2.75, 3.05) is 26.2 Å². The lowest BCUT2D eigenvalue weighted by Crippen LogP contribution is -2.49. The van der Waals surface area contributed by atoms with E-state index >= 15 is 0 Å². The van der Waals surface area contributed by atoms with E-state index in [1.54, 1.807) is 48.5 Å². The number of piperazine rings is 1. The molecule has 4 rings (SSSR count). The fraction of sp³-hybridized carbons (Fsp3) is 0.217. The van der Waals surface area contributed by atoms with Gasteiger partial charge in [0.1, 0.15) is 11.6 Å². The van der Waals surface area contributed by atoms with Crippen molar-refractivity contribution in [2.24, 2.45) is 0 Å². The van der Waals surface area contributed by atoms with Crippen molar-refractivity contribution >= 4 is 26.0 Å². The van der Waals surface area contributed by atoms with Crippen LogP contribution in [0.1, 0.15) is 17.2 Å². The van der Waals surface area contributed by atoms with Crippen molar-refractivity contribution in [1.82, 2.24) is 9.21 Å². The summed E-state index contributed by atoms with van der Waals surface area (Å²) in [6.07, 6.45) is 0. The smallest absolute Gasteiger partial charge is 0.244 e. The van der Waals surface area contributed by atoms with Gasteiger partial charge in [0.05, 0.1) is 10.9 Å². The van der Waals surface area contributed by atoms with Crippen molar-refractivity contribution in [2.45, 2.75) is 10.9 Å². The van der Waals surface area contributed by atoms with E-state index in [0.29, 0.717) is 30.7 Å². The second-order valence-corrected chi connectivity index (χ2v) is 10.1. The molecule has 3 aromatic rings. The van der Waals surface area contributed by atoms with Gasteiger partial charge in [0.15, 0.2) is 0 Å². The second-order valence-electron chi connectivity index (χ2n) is 7.38. The first kappa shape index (κ1) is 22.1. The Hall–Kier alpha value is -2.13. The summed E-state index contributed by atoms with van der Waals surface area (Å²) in [4.78, 5) is 2.39. The summed E-state index contributed by atoms with van der Waals surface area (Å²) in [5, 5.41) is 0. The maximum atomic E-state index is 13.5. The monoisotopic (exact) mass is 506 g/mol. The zero-order valence-electron chi connectivity index (χ0n) is 16.6. The minimum absolute atomic E-state index is 0.227. The lowest BCUT2D eigenvalue weighted by atomic mass is 9.96. The van der Waals surface area contributed by atoms with E-state index in [4.69, 9.17) is 0 Å². The highest BCUT2D eigenvalue weighted by atomic mass is 79.9. The van der Waals surface area contributed by atoms with Gasteiger partial charge >= 0.3 is 0 Å². The summed E-state index contributed by atoms with van der Waals surface area (Å²) < 4.78 is 55.2. The van der Waals surface area contributed by atoms with E-state index in [0.717, 1.165) is 11.1 Å². The molecule has 0 radical (unpaired) electrons. The Labute approximate surface area is 189 Å². The number of hydrogen-bond acceptors (Lipinski definition) is 3. The molecule has 1 heterocycles. The molecule has 31 heavy (non-hydrogen) atoms. The summed E-state index contributed by atoms with van der Waals surface area (Å²) in [5.41, 5.74) is 1.74. The Morgan fingerprint density at radius 3 is 1.71 bits per heavy atom. The quantitative estimate of drug-likeness (QED) is 0.497. The number of nitrogens with zero attached hydrogens (tertiary/aromatic N) is 2. The fourth-order valence-corrected chi connectivity index (χ4v) is 6.29. The Morgan fingerprint density at radius 1 is 0.742 bits per heavy atom. The molecule has 0 unspecified atom stereocenters. The van der Waals surface area contributed by atoms with Gasteiger partial charge in [-0.3, -0.25) is 4.90 Å². The van der Waals surface area contributed by atoms with E-state index in [-0.39, 0.29) is 22.6 Å². The van der Waals surface area contributed by atoms with Crippen LogP contribution in [0.2, 0.25) is 0 Å².